The van der Waals surface area contributed by atoms with Gasteiger partial charge in [-0.2, -0.15) is 12.6 Å². The number of hydrogen-bond acceptors (Lipinski definition) is 3. The van der Waals surface area contributed by atoms with E-state index in [4.69, 9.17) is 29.0 Å². The number of nitrogens with one attached hydrogen (secondary N) is 1. The van der Waals surface area contributed by atoms with Gasteiger partial charge in [-0.15, -0.1) is 0 Å². The Kier molecular flexibility index (Phi) is 4.07. The lowest BCUT2D eigenvalue weighted by Gasteiger charge is -2.09. The number of rotatable bonds is 2. The molecule has 1 atom stereocenters. The molecule has 0 aliphatic carbocycles. The summed E-state index contributed by atoms with van der Waals surface area (Å²) in [6, 6.07) is 4.85. The van der Waals surface area contributed by atoms with Crippen LogP contribution in [0.15, 0.2) is 18.2 Å². The second-order valence-electron chi connectivity index (χ2n) is 2.58. The van der Waals surface area contributed by atoms with Gasteiger partial charge in [0.2, 0.25) is 0 Å². The summed E-state index contributed by atoms with van der Waals surface area (Å²) in [5, 5.41) is 0.173. The molecule has 1 aromatic carbocycles. The Morgan fingerprint density at radius 1 is 1.43 bits per heavy atom. The van der Waals surface area contributed by atoms with Crippen LogP contribution in [0.2, 0.25) is 10.0 Å². The van der Waals surface area contributed by atoms with E-state index in [-0.39, 0.29) is 0 Å². The number of hydrazine groups is 1. The zero-order valence-corrected chi connectivity index (χ0v) is 9.40. The van der Waals surface area contributed by atoms with Crippen LogP contribution in [0.5, 0.6) is 0 Å². The smallest absolute Gasteiger partial charge is 0.251 e. The Morgan fingerprint density at radius 2 is 2.07 bits per heavy atom. The molecule has 0 saturated heterocycles. The maximum atomic E-state index is 11.1. The standard InChI is InChI=1S/C8H8Cl2N2OS/c9-5-2-1-4(3-6(5)10)7(14)8(13)12-11/h1-3,7,14H,11H2,(H,12,13). The van der Waals surface area contributed by atoms with E-state index in [9.17, 15) is 4.79 Å². The first-order chi connectivity index (χ1) is 6.56. The normalized spacial score (nSPS) is 12.3. The zero-order chi connectivity index (χ0) is 10.7. The summed E-state index contributed by atoms with van der Waals surface area (Å²) < 4.78 is 0. The highest BCUT2D eigenvalue weighted by molar-refractivity contribution is 7.81. The number of benzene rings is 1. The number of nitrogens with two attached hydrogens (primary N) is 1. The van der Waals surface area contributed by atoms with Crippen molar-refractivity contribution in [2.24, 2.45) is 5.84 Å². The van der Waals surface area contributed by atoms with Gasteiger partial charge < -0.3 is 0 Å². The van der Waals surface area contributed by atoms with Crippen LogP contribution in [0, 0.1) is 0 Å². The Morgan fingerprint density at radius 3 is 2.57 bits per heavy atom. The van der Waals surface area contributed by atoms with Crippen molar-refractivity contribution in [3.63, 3.8) is 0 Å². The van der Waals surface area contributed by atoms with Crippen LogP contribution in [-0.4, -0.2) is 5.91 Å². The van der Waals surface area contributed by atoms with Gasteiger partial charge in [-0.25, -0.2) is 5.84 Å². The fourth-order valence-electron chi connectivity index (χ4n) is 0.913. The molecule has 1 aromatic rings. The summed E-state index contributed by atoms with van der Waals surface area (Å²) >= 11 is 15.6. The monoisotopic (exact) mass is 250 g/mol. The van der Waals surface area contributed by atoms with Crippen LogP contribution < -0.4 is 11.3 Å². The van der Waals surface area contributed by atoms with Gasteiger partial charge in [-0.05, 0) is 17.7 Å². The van der Waals surface area contributed by atoms with Gasteiger partial charge in [0.05, 0.1) is 10.0 Å². The fraction of sp³-hybridized carbons (Fsp3) is 0.125. The Bertz CT molecular complexity index is 359. The van der Waals surface area contributed by atoms with Crippen LogP contribution >= 0.6 is 35.8 Å². The maximum Gasteiger partial charge on any atom is 0.251 e. The first kappa shape index (κ1) is 11.7. The van der Waals surface area contributed by atoms with Gasteiger partial charge in [0.1, 0.15) is 5.25 Å². The molecule has 3 nitrogen and oxygen atoms in total. The number of carbonyl (C=O) groups excluding carboxylic acids is 1. The van der Waals surface area contributed by atoms with E-state index >= 15 is 0 Å². The van der Waals surface area contributed by atoms with Crippen molar-refractivity contribution in [3.8, 4) is 0 Å². The highest BCUT2D eigenvalue weighted by Gasteiger charge is 2.15. The van der Waals surface area contributed by atoms with E-state index in [1.54, 1.807) is 18.2 Å². The van der Waals surface area contributed by atoms with Crippen molar-refractivity contribution in [1.29, 1.82) is 0 Å². The third kappa shape index (κ3) is 2.54. The lowest BCUT2D eigenvalue weighted by atomic mass is 10.1. The van der Waals surface area contributed by atoms with Crippen molar-refractivity contribution in [1.82, 2.24) is 5.43 Å². The molecule has 1 unspecified atom stereocenters. The van der Waals surface area contributed by atoms with E-state index in [0.29, 0.717) is 15.6 Å². The third-order valence-corrected chi connectivity index (χ3v) is 2.92. The summed E-state index contributed by atoms with van der Waals surface area (Å²) in [6.45, 7) is 0. The van der Waals surface area contributed by atoms with Crippen LogP contribution in [-0.2, 0) is 4.79 Å². The van der Waals surface area contributed by atoms with E-state index in [0.717, 1.165) is 0 Å². The predicted octanol–water partition coefficient (Wildman–Crippen LogP) is 1.95. The average Bonchev–Trinajstić information content (AvgIpc) is 2.20. The number of thiol groups is 1. The lowest BCUT2D eigenvalue weighted by molar-refractivity contribution is -0.120. The average molecular weight is 251 g/mol. The van der Waals surface area contributed by atoms with Gasteiger partial charge in [0.25, 0.3) is 5.91 Å². The predicted molar refractivity (Wildman–Crippen MR) is 60.5 cm³/mol. The third-order valence-electron chi connectivity index (χ3n) is 1.65. The van der Waals surface area contributed by atoms with Crippen molar-refractivity contribution in [2.45, 2.75) is 5.25 Å². The SMILES string of the molecule is NNC(=O)C(S)c1ccc(Cl)c(Cl)c1. The molecule has 14 heavy (non-hydrogen) atoms. The maximum absolute atomic E-state index is 11.1. The van der Waals surface area contributed by atoms with Crippen LogP contribution in [0.3, 0.4) is 0 Å². The van der Waals surface area contributed by atoms with E-state index in [1.807, 2.05) is 5.43 Å². The number of hydrogen-bond donors (Lipinski definition) is 3. The van der Waals surface area contributed by atoms with Crippen molar-refractivity contribution >= 4 is 41.7 Å². The summed E-state index contributed by atoms with van der Waals surface area (Å²) in [7, 11) is 0. The molecule has 3 N–H and O–H groups in total. The molecule has 6 heteroatoms. The molecule has 0 aliphatic heterocycles. The van der Waals surface area contributed by atoms with Crippen LogP contribution in [0.25, 0.3) is 0 Å². The minimum atomic E-state index is -0.644. The largest absolute Gasteiger partial charge is 0.293 e. The molecule has 1 amide bonds. The molecular weight excluding hydrogens is 243 g/mol. The van der Waals surface area contributed by atoms with Crippen molar-refractivity contribution < 1.29 is 4.79 Å². The molecule has 0 saturated carbocycles. The second-order valence-corrected chi connectivity index (χ2v) is 3.92. The second kappa shape index (κ2) is 4.89. The highest BCUT2D eigenvalue weighted by atomic mass is 35.5. The van der Waals surface area contributed by atoms with Crippen molar-refractivity contribution in [3.05, 3.63) is 33.8 Å². The van der Waals surface area contributed by atoms with Crippen LogP contribution in [0.1, 0.15) is 10.8 Å². The van der Waals surface area contributed by atoms with Gasteiger partial charge >= 0.3 is 0 Å². The Hall–Kier alpha value is -0.420. The van der Waals surface area contributed by atoms with Gasteiger partial charge in [0, 0.05) is 0 Å². The summed E-state index contributed by atoms with van der Waals surface area (Å²) in [5.41, 5.74) is 2.65. The Labute approximate surface area is 96.9 Å². The minimum absolute atomic E-state index is 0.382. The summed E-state index contributed by atoms with van der Waals surface area (Å²) in [6.07, 6.45) is 0. The molecular formula is C8H8Cl2N2OS. The summed E-state index contributed by atoms with van der Waals surface area (Å²) in [4.78, 5) is 11.1. The quantitative estimate of drug-likeness (QED) is 0.325. The summed E-state index contributed by atoms with van der Waals surface area (Å²) in [5.74, 6) is 4.57. The Balaban J connectivity index is 2.96. The molecule has 1 rings (SSSR count). The minimum Gasteiger partial charge on any atom is -0.293 e. The molecule has 0 aromatic heterocycles. The van der Waals surface area contributed by atoms with Gasteiger partial charge in [-0.3, -0.25) is 10.2 Å². The molecule has 0 fully saturated rings. The first-order valence-corrected chi connectivity index (χ1v) is 4.97. The molecule has 76 valence electrons. The van der Waals surface area contributed by atoms with Crippen molar-refractivity contribution in [2.75, 3.05) is 0 Å². The molecule has 0 heterocycles. The first-order valence-electron chi connectivity index (χ1n) is 3.69. The van der Waals surface area contributed by atoms with Gasteiger partial charge in [0.15, 0.2) is 0 Å². The topological polar surface area (TPSA) is 55.1 Å². The van der Waals surface area contributed by atoms with E-state index < -0.39 is 11.2 Å². The number of carbonyl (C=O) groups is 1. The van der Waals surface area contributed by atoms with Gasteiger partial charge in [-0.1, -0.05) is 29.3 Å². The fourth-order valence-corrected chi connectivity index (χ4v) is 1.45. The van der Waals surface area contributed by atoms with Crippen LogP contribution in [0.4, 0.5) is 0 Å². The number of halogens is 2. The zero-order valence-electron chi connectivity index (χ0n) is 7.00. The highest BCUT2D eigenvalue weighted by Crippen LogP contribution is 2.28. The van der Waals surface area contributed by atoms with E-state index in [1.165, 1.54) is 0 Å². The molecule has 0 radical (unpaired) electrons. The number of amides is 1. The lowest BCUT2D eigenvalue weighted by Crippen LogP contribution is -2.32. The molecule has 0 aliphatic rings. The molecule has 0 bridgehead atoms. The molecule has 0 spiro atoms. The van der Waals surface area contributed by atoms with E-state index in [2.05, 4.69) is 12.6 Å².